The lowest BCUT2D eigenvalue weighted by atomic mass is 9.91. The third-order valence-electron chi connectivity index (χ3n) is 5.18. The van der Waals surface area contributed by atoms with E-state index in [1.807, 2.05) is 27.7 Å². The SMILES string of the molecule is CC(C)N(C(=O)Cn1c(=O)/c(=C\c2ccccc2C(F)(F)F)s/c1=C\C(=O)C(C)(C)C)C(C)C. The van der Waals surface area contributed by atoms with Crippen LogP contribution in [0.3, 0.4) is 0 Å². The molecule has 0 fully saturated rings. The molecule has 0 bridgehead atoms. The van der Waals surface area contributed by atoms with E-state index in [4.69, 9.17) is 0 Å². The van der Waals surface area contributed by atoms with Crippen molar-refractivity contribution in [3.05, 3.63) is 54.9 Å². The lowest BCUT2D eigenvalue weighted by molar-refractivity contribution is -0.138. The van der Waals surface area contributed by atoms with Crippen molar-refractivity contribution >= 4 is 35.2 Å². The zero-order chi connectivity index (χ0) is 26.0. The van der Waals surface area contributed by atoms with Gasteiger partial charge in [0.15, 0.2) is 5.78 Å². The fraction of sp³-hybridized carbons (Fsp3) is 0.480. The van der Waals surface area contributed by atoms with Gasteiger partial charge in [0.1, 0.15) is 11.2 Å². The summed E-state index contributed by atoms with van der Waals surface area (Å²) in [7, 11) is 0. The van der Waals surface area contributed by atoms with Gasteiger partial charge in [-0.3, -0.25) is 19.0 Å². The second-order valence-corrected chi connectivity index (χ2v) is 10.7. The van der Waals surface area contributed by atoms with Crippen LogP contribution in [-0.2, 0) is 22.3 Å². The fourth-order valence-corrected chi connectivity index (χ4v) is 4.57. The number of benzene rings is 1. The van der Waals surface area contributed by atoms with Crippen LogP contribution in [0, 0.1) is 5.41 Å². The van der Waals surface area contributed by atoms with E-state index in [2.05, 4.69) is 0 Å². The van der Waals surface area contributed by atoms with Gasteiger partial charge in [0.2, 0.25) is 5.91 Å². The van der Waals surface area contributed by atoms with Crippen molar-refractivity contribution in [1.29, 1.82) is 0 Å². The van der Waals surface area contributed by atoms with E-state index in [0.717, 1.165) is 17.4 Å². The zero-order valence-electron chi connectivity index (χ0n) is 20.5. The summed E-state index contributed by atoms with van der Waals surface area (Å²) >= 11 is 0.896. The number of thiazole rings is 1. The Balaban J connectivity index is 2.76. The third kappa shape index (κ3) is 6.46. The van der Waals surface area contributed by atoms with Crippen molar-refractivity contribution in [2.75, 3.05) is 0 Å². The summed E-state index contributed by atoms with van der Waals surface area (Å²) in [5.41, 5.74) is -2.38. The Morgan fingerprint density at radius 1 is 1.06 bits per heavy atom. The molecule has 0 atom stereocenters. The molecule has 2 aromatic rings. The highest BCUT2D eigenvalue weighted by atomic mass is 32.1. The number of alkyl halides is 3. The Morgan fingerprint density at radius 2 is 1.62 bits per heavy atom. The van der Waals surface area contributed by atoms with Crippen molar-refractivity contribution in [1.82, 2.24) is 9.47 Å². The summed E-state index contributed by atoms with van der Waals surface area (Å²) in [6.07, 6.45) is -2.13. The van der Waals surface area contributed by atoms with E-state index in [-0.39, 0.29) is 45.1 Å². The number of Topliss-reactive ketones (excluding diaryl/α,β-unsaturated/α-hetero) is 1. The molecule has 0 unspecified atom stereocenters. The van der Waals surface area contributed by atoms with Crippen LogP contribution in [0.1, 0.15) is 59.6 Å². The minimum atomic E-state index is -4.59. The number of hydrogen-bond donors (Lipinski definition) is 0. The topological polar surface area (TPSA) is 59.4 Å². The number of carbonyl (C=O) groups excluding carboxylic acids is 2. The molecular formula is C25H31F3N2O3S. The van der Waals surface area contributed by atoms with Crippen molar-refractivity contribution < 1.29 is 22.8 Å². The number of hydrogen-bond acceptors (Lipinski definition) is 4. The Hall–Kier alpha value is -2.68. The van der Waals surface area contributed by atoms with Crippen LogP contribution in [-0.4, -0.2) is 33.2 Å². The van der Waals surface area contributed by atoms with Crippen molar-refractivity contribution in [3.8, 4) is 0 Å². The second kappa shape index (κ2) is 10.3. The number of amides is 1. The Bertz CT molecular complexity index is 1220. The number of aromatic nitrogens is 1. The van der Waals surface area contributed by atoms with Crippen LogP contribution in [0.15, 0.2) is 29.1 Å². The summed E-state index contributed by atoms with van der Waals surface area (Å²) in [6.45, 7) is 12.3. The molecule has 9 heteroatoms. The monoisotopic (exact) mass is 496 g/mol. The number of nitrogens with zero attached hydrogens (tertiary/aromatic N) is 2. The molecule has 1 heterocycles. The van der Waals surface area contributed by atoms with Gasteiger partial charge < -0.3 is 4.90 Å². The molecule has 186 valence electrons. The lowest BCUT2D eigenvalue weighted by Crippen LogP contribution is -2.46. The smallest absolute Gasteiger partial charge is 0.336 e. The van der Waals surface area contributed by atoms with Crippen LogP contribution >= 0.6 is 11.3 Å². The normalized spacial score (nSPS) is 13.8. The van der Waals surface area contributed by atoms with Gasteiger partial charge in [-0.2, -0.15) is 13.2 Å². The van der Waals surface area contributed by atoms with Gasteiger partial charge >= 0.3 is 6.18 Å². The molecule has 5 nitrogen and oxygen atoms in total. The highest BCUT2D eigenvalue weighted by molar-refractivity contribution is 7.07. The van der Waals surface area contributed by atoms with E-state index in [1.54, 1.807) is 25.7 Å². The molecule has 0 N–H and O–H groups in total. The molecule has 0 aliphatic rings. The van der Waals surface area contributed by atoms with Gasteiger partial charge in [0.25, 0.3) is 5.56 Å². The van der Waals surface area contributed by atoms with Gasteiger partial charge in [0.05, 0.1) is 10.1 Å². The molecule has 0 spiro atoms. The van der Waals surface area contributed by atoms with Gasteiger partial charge in [-0.25, -0.2) is 0 Å². The maximum absolute atomic E-state index is 13.5. The average molecular weight is 497 g/mol. The quantitative estimate of drug-likeness (QED) is 0.611. The summed E-state index contributed by atoms with van der Waals surface area (Å²) < 4.78 is 41.8. The fourth-order valence-electron chi connectivity index (χ4n) is 3.53. The van der Waals surface area contributed by atoms with Crippen LogP contribution in [0.2, 0.25) is 0 Å². The molecule has 34 heavy (non-hydrogen) atoms. The van der Waals surface area contributed by atoms with E-state index in [0.29, 0.717) is 0 Å². The first-order valence-corrected chi connectivity index (χ1v) is 11.8. The van der Waals surface area contributed by atoms with Crippen LogP contribution < -0.4 is 14.8 Å². The molecule has 0 radical (unpaired) electrons. The van der Waals surface area contributed by atoms with Crippen molar-refractivity contribution in [2.24, 2.45) is 5.41 Å². The molecule has 0 saturated carbocycles. The highest BCUT2D eigenvalue weighted by Crippen LogP contribution is 2.32. The number of carbonyl (C=O) groups is 2. The number of rotatable bonds is 6. The van der Waals surface area contributed by atoms with E-state index >= 15 is 0 Å². The largest absolute Gasteiger partial charge is 0.416 e. The summed E-state index contributed by atoms with van der Waals surface area (Å²) in [4.78, 5) is 40.6. The Morgan fingerprint density at radius 3 is 2.12 bits per heavy atom. The average Bonchev–Trinajstić information content (AvgIpc) is 2.95. The number of halogens is 3. The van der Waals surface area contributed by atoms with Gasteiger partial charge in [-0.05, 0) is 45.4 Å². The molecule has 1 aromatic carbocycles. The van der Waals surface area contributed by atoms with Crippen LogP contribution in [0.4, 0.5) is 13.2 Å². The van der Waals surface area contributed by atoms with E-state index in [9.17, 15) is 27.6 Å². The maximum atomic E-state index is 13.5. The summed E-state index contributed by atoms with van der Waals surface area (Å²) in [6, 6.07) is 4.72. The minimum absolute atomic E-state index is 0.0121. The number of ketones is 1. The first-order valence-electron chi connectivity index (χ1n) is 11.0. The van der Waals surface area contributed by atoms with Gasteiger partial charge in [-0.1, -0.05) is 39.0 Å². The first-order chi connectivity index (χ1) is 15.5. The van der Waals surface area contributed by atoms with Crippen molar-refractivity contribution in [3.63, 3.8) is 0 Å². The second-order valence-electron chi connectivity index (χ2n) is 9.67. The predicted molar refractivity (Wildman–Crippen MR) is 129 cm³/mol. The standard InChI is InChI=1S/C25H31F3N2O3S/c1-15(2)30(16(3)4)21(32)14-29-22(13-20(31)24(5,6)7)34-19(23(29)33)12-17-10-8-9-11-18(17)25(26,27)28/h8-13,15-16H,14H2,1-7H3/b19-12+,22-13-. The zero-order valence-corrected chi connectivity index (χ0v) is 21.3. The van der Waals surface area contributed by atoms with E-state index < -0.39 is 22.7 Å². The first kappa shape index (κ1) is 27.6. The molecule has 1 amide bonds. The van der Waals surface area contributed by atoms with Crippen LogP contribution in [0.25, 0.3) is 12.2 Å². The Kier molecular flexibility index (Phi) is 8.35. The molecule has 0 aliphatic heterocycles. The van der Waals surface area contributed by atoms with Gasteiger partial charge in [0, 0.05) is 23.6 Å². The molecular weight excluding hydrogens is 465 g/mol. The third-order valence-corrected chi connectivity index (χ3v) is 6.24. The van der Waals surface area contributed by atoms with Crippen molar-refractivity contribution in [2.45, 2.75) is 73.3 Å². The minimum Gasteiger partial charge on any atom is -0.336 e. The molecule has 1 aromatic heterocycles. The summed E-state index contributed by atoms with van der Waals surface area (Å²) in [5, 5.41) is 0. The Labute approximate surface area is 201 Å². The lowest BCUT2D eigenvalue weighted by Gasteiger charge is -2.30. The predicted octanol–water partition coefficient (Wildman–Crippen LogP) is 3.80. The molecule has 0 aliphatic carbocycles. The van der Waals surface area contributed by atoms with E-state index in [1.165, 1.54) is 34.9 Å². The highest BCUT2D eigenvalue weighted by Gasteiger charge is 2.32. The maximum Gasteiger partial charge on any atom is 0.416 e. The van der Waals surface area contributed by atoms with Gasteiger partial charge in [-0.15, -0.1) is 11.3 Å². The summed E-state index contributed by atoms with van der Waals surface area (Å²) in [5.74, 6) is -0.577. The molecule has 0 saturated heterocycles. The van der Waals surface area contributed by atoms with Crippen LogP contribution in [0.5, 0.6) is 0 Å². The molecule has 2 rings (SSSR count).